The summed E-state index contributed by atoms with van der Waals surface area (Å²) in [4.78, 5) is 14.2. The van der Waals surface area contributed by atoms with E-state index < -0.39 is 6.29 Å². The second-order valence-electron chi connectivity index (χ2n) is 4.08. The molecule has 2 N–H and O–H groups in total. The maximum absolute atomic E-state index is 11.2. The third-order valence-electron chi connectivity index (χ3n) is 2.49. The van der Waals surface area contributed by atoms with Crippen LogP contribution in [-0.4, -0.2) is 28.8 Å². The largest absolute Gasteiger partial charge is 0.364 e. The molecule has 1 aromatic heterocycles. The summed E-state index contributed by atoms with van der Waals surface area (Å²) in [5, 5.41) is 10.0. The predicted octanol–water partition coefficient (Wildman–Crippen LogP) is 3.05. The molecule has 0 aliphatic heterocycles. The standard InChI is InChI=1S/C14H18BrNO3/c1-4-19-14(18)11(9(2)7-10(3)17)8-13-12(15)5-6-16-13/h5-8,14,16,18H,4H2,1-3H3/b9-7+,11-8+. The molecule has 0 amide bonds. The first-order valence-electron chi connectivity index (χ1n) is 5.99. The van der Waals surface area contributed by atoms with Gasteiger partial charge >= 0.3 is 0 Å². The number of halogens is 1. The Morgan fingerprint density at radius 2 is 2.26 bits per heavy atom. The van der Waals surface area contributed by atoms with Crippen LogP contribution in [0.25, 0.3) is 6.08 Å². The molecular formula is C14H18BrNO3. The number of aromatic amines is 1. The highest BCUT2D eigenvalue weighted by atomic mass is 79.9. The summed E-state index contributed by atoms with van der Waals surface area (Å²) in [7, 11) is 0. The van der Waals surface area contributed by atoms with E-state index >= 15 is 0 Å². The van der Waals surface area contributed by atoms with Crippen molar-refractivity contribution in [3.05, 3.63) is 39.7 Å². The van der Waals surface area contributed by atoms with Gasteiger partial charge in [0.05, 0.1) is 5.69 Å². The number of ketones is 1. The smallest absolute Gasteiger partial charge is 0.181 e. The van der Waals surface area contributed by atoms with Crippen LogP contribution in [0, 0.1) is 0 Å². The van der Waals surface area contributed by atoms with E-state index in [0.29, 0.717) is 17.8 Å². The first-order chi connectivity index (χ1) is 8.95. The van der Waals surface area contributed by atoms with Gasteiger partial charge in [0.2, 0.25) is 0 Å². The number of hydrogen-bond donors (Lipinski definition) is 2. The maximum atomic E-state index is 11.2. The Morgan fingerprint density at radius 3 is 2.74 bits per heavy atom. The fourth-order valence-corrected chi connectivity index (χ4v) is 2.01. The van der Waals surface area contributed by atoms with Gasteiger partial charge in [-0.2, -0.15) is 0 Å². The molecular weight excluding hydrogens is 310 g/mol. The van der Waals surface area contributed by atoms with Crippen LogP contribution in [0.4, 0.5) is 0 Å². The van der Waals surface area contributed by atoms with Crippen LogP contribution in [0.3, 0.4) is 0 Å². The molecule has 0 radical (unpaired) electrons. The van der Waals surface area contributed by atoms with Crippen LogP contribution in [0.5, 0.6) is 0 Å². The summed E-state index contributed by atoms with van der Waals surface area (Å²) in [6, 6.07) is 1.86. The lowest BCUT2D eigenvalue weighted by molar-refractivity contribution is -0.112. The van der Waals surface area contributed by atoms with Gasteiger partial charge < -0.3 is 14.8 Å². The van der Waals surface area contributed by atoms with Gasteiger partial charge in [-0.05, 0) is 60.5 Å². The molecule has 0 aliphatic rings. The number of allylic oxidation sites excluding steroid dienone is 1. The van der Waals surface area contributed by atoms with E-state index in [2.05, 4.69) is 20.9 Å². The highest BCUT2D eigenvalue weighted by molar-refractivity contribution is 9.10. The highest BCUT2D eigenvalue weighted by Crippen LogP contribution is 2.23. The fourth-order valence-electron chi connectivity index (χ4n) is 1.65. The number of ether oxygens (including phenoxy) is 1. The SMILES string of the molecule is CCOC(O)C(=C/c1[nH]ccc1Br)/C(C)=C/C(C)=O. The topological polar surface area (TPSA) is 62.3 Å². The van der Waals surface area contributed by atoms with Crippen LogP contribution in [0.2, 0.25) is 0 Å². The zero-order valence-corrected chi connectivity index (χ0v) is 12.8. The number of aliphatic hydroxyl groups excluding tert-OH is 1. The van der Waals surface area contributed by atoms with Gasteiger partial charge in [0.1, 0.15) is 0 Å². The summed E-state index contributed by atoms with van der Waals surface area (Å²) in [5.74, 6) is -0.0716. The maximum Gasteiger partial charge on any atom is 0.181 e. The van der Waals surface area contributed by atoms with Crippen molar-refractivity contribution in [1.29, 1.82) is 0 Å². The van der Waals surface area contributed by atoms with E-state index in [1.165, 1.54) is 13.0 Å². The molecule has 1 aromatic rings. The first-order valence-corrected chi connectivity index (χ1v) is 6.78. The molecule has 0 saturated heterocycles. The summed E-state index contributed by atoms with van der Waals surface area (Å²) in [6.07, 6.45) is 3.96. The van der Waals surface area contributed by atoms with E-state index in [4.69, 9.17) is 4.74 Å². The van der Waals surface area contributed by atoms with Crippen molar-refractivity contribution in [3.8, 4) is 0 Å². The normalized spacial score (nSPS) is 14.6. The van der Waals surface area contributed by atoms with Crippen molar-refractivity contribution in [3.63, 3.8) is 0 Å². The minimum absolute atomic E-state index is 0.0716. The molecule has 0 fully saturated rings. The summed E-state index contributed by atoms with van der Waals surface area (Å²) in [5.41, 5.74) is 2.04. The Kier molecular flexibility index (Phi) is 6.21. The number of aromatic nitrogens is 1. The van der Waals surface area contributed by atoms with E-state index in [-0.39, 0.29) is 5.78 Å². The van der Waals surface area contributed by atoms with Crippen molar-refractivity contribution in [2.24, 2.45) is 0 Å². The molecule has 0 saturated carbocycles. The van der Waals surface area contributed by atoms with E-state index in [0.717, 1.165) is 10.2 Å². The van der Waals surface area contributed by atoms with Crippen molar-refractivity contribution in [1.82, 2.24) is 4.98 Å². The first kappa shape index (κ1) is 15.9. The quantitative estimate of drug-likeness (QED) is 0.479. The van der Waals surface area contributed by atoms with Crippen LogP contribution in [0.15, 0.2) is 34.0 Å². The van der Waals surface area contributed by atoms with Gasteiger partial charge in [0, 0.05) is 22.8 Å². The Bertz CT molecular complexity index is 503. The van der Waals surface area contributed by atoms with E-state index in [1.807, 2.05) is 6.07 Å². The van der Waals surface area contributed by atoms with Crippen molar-refractivity contribution >= 4 is 27.8 Å². The lowest BCUT2D eigenvalue weighted by Gasteiger charge is -2.15. The molecule has 0 aliphatic carbocycles. The lowest BCUT2D eigenvalue weighted by atomic mass is 10.0. The number of carbonyl (C=O) groups excluding carboxylic acids is 1. The highest BCUT2D eigenvalue weighted by Gasteiger charge is 2.14. The average molecular weight is 328 g/mol. The molecule has 0 aromatic carbocycles. The Hall–Kier alpha value is -1.17. The average Bonchev–Trinajstić information content (AvgIpc) is 2.70. The second kappa shape index (κ2) is 7.43. The molecule has 4 nitrogen and oxygen atoms in total. The van der Waals surface area contributed by atoms with Crippen LogP contribution >= 0.6 is 15.9 Å². The molecule has 0 spiro atoms. The number of rotatable bonds is 6. The van der Waals surface area contributed by atoms with Gasteiger partial charge in [-0.3, -0.25) is 4.79 Å². The molecule has 1 atom stereocenters. The van der Waals surface area contributed by atoms with Crippen molar-refractivity contribution < 1.29 is 14.6 Å². The van der Waals surface area contributed by atoms with E-state index in [9.17, 15) is 9.90 Å². The summed E-state index contributed by atoms with van der Waals surface area (Å²) < 4.78 is 6.08. The zero-order chi connectivity index (χ0) is 14.4. The molecule has 1 rings (SSSR count). The van der Waals surface area contributed by atoms with Gasteiger partial charge in [-0.15, -0.1) is 0 Å². The van der Waals surface area contributed by atoms with Gasteiger partial charge in [-0.25, -0.2) is 0 Å². The minimum Gasteiger partial charge on any atom is -0.364 e. The van der Waals surface area contributed by atoms with Crippen LogP contribution in [-0.2, 0) is 9.53 Å². The Labute approximate surface area is 121 Å². The third kappa shape index (κ3) is 4.78. The number of H-pyrrole nitrogens is 1. The molecule has 104 valence electrons. The molecule has 5 heteroatoms. The molecule has 1 heterocycles. The summed E-state index contributed by atoms with van der Waals surface area (Å²) >= 11 is 3.40. The molecule has 1 unspecified atom stereocenters. The zero-order valence-electron chi connectivity index (χ0n) is 11.2. The number of nitrogens with one attached hydrogen (secondary N) is 1. The minimum atomic E-state index is -1.06. The van der Waals surface area contributed by atoms with Gasteiger partial charge in [0.15, 0.2) is 12.1 Å². The van der Waals surface area contributed by atoms with Crippen molar-refractivity contribution in [2.45, 2.75) is 27.1 Å². The lowest BCUT2D eigenvalue weighted by Crippen LogP contribution is -2.16. The number of carbonyl (C=O) groups is 1. The monoisotopic (exact) mass is 327 g/mol. The van der Waals surface area contributed by atoms with Gasteiger partial charge in [-0.1, -0.05) is 0 Å². The molecule has 0 bridgehead atoms. The summed E-state index contributed by atoms with van der Waals surface area (Å²) in [6.45, 7) is 5.43. The fraction of sp³-hybridized carbons (Fsp3) is 0.357. The predicted molar refractivity (Wildman–Crippen MR) is 78.5 cm³/mol. The second-order valence-corrected chi connectivity index (χ2v) is 4.94. The Balaban J connectivity index is 3.16. The number of hydrogen-bond acceptors (Lipinski definition) is 3. The Morgan fingerprint density at radius 1 is 1.58 bits per heavy atom. The third-order valence-corrected chi connectivity index (χ3v) is 3.18. The van der Waals surface area contributed by atoms with Crippen LogP contribution < -0.4 is 0 Å². The van der Waals surface area contributed by atoms with E-state index in [1.54, 1.807) is 26.1 Å². The molecule has 19 heavy (non-hydrogen) atoms. The van der Waals surface area contributed by atoms with Gasteiger partial charge in [0.25, 0.3) is 0 Å². The van der Waals surface area contributed by atoms with Crippen LogP contribution in [0.1, 0.15) is 26.5 Å². The van der Waals surface area contributed by atoms with Crippen molar-refractivity contribution in [2.75, 3.05) is 6.61 Å². The number of aliphatic hydroxyl groups is 1.